The molecule has 6 heteroatoms. The SMILES string of the molecule is CC.CC.Cc1cc(Oc2c(C)cc(CC(=O)OCCCCl)cc2C)cc(C)c1OCCCCl. The number of rotatable bonds is 11. The van der Waals surface area contributed by atoms with Gasteiger partial charge in [-0.3, -0.25) is 4.79 Å². The predicted molar refractivity (Wildman–Crippen MR) is 145 cm³/mol. The highest BCUT2D eigenvalue weighted by molar-refractivity contribution is 6.18. The Morgan fingerprint density at radius 2 is 1.21 bits per heavy atom. The fourth-order valence-electron chi connectivity index (χ4n) is 3.31. The van der Waals surface area contributed by atoms with Gasteiger partial charge in [0, 0.05) is 11.8 Å². The molecule has 2 aromatic rings. The number of ether oxygens (including phenoxy) is 3. The molecule has 2 rings (SSSR count). The normalized spacial score (nSPS) is 9.82. The van der Waals surface area contributed by atoms with Crippen LogP contribution in [0.4, 0.5) is 0 Å². The van der Waals surface area contributed by atoms with Crippen molar-refractivity contribution in [3.8, 4) is 17.2 Å². The molecule has 0 radical (unpaired) electrons. The molecule has 34 heavy (non-hydrogen) atoms. The predicted octanol–water partition coefficient (Wildman–Crippen LogP) is 8.49. The van der Waals surface area contributed by atoms with Crippen molar-refractivity contribution >= 4 is 29.2 Å². The van der Waals surface area contributed by atoms with Crippen LogP contribution in [0.2, 0.25) is 0 Å². The van der Waals surface area contributed by atoms with Crippen LogP contribution in [0.15, 0.2) is 24.3 Å². The number of carbonyl (C=O) groups is 1. The fourth-order valence-corrected chi connectivity index (χ4v) is 3.52. The molecule has 192 valence electrons. The van der Waals surface area contributed by atoms with Gasteiger partial charge in [0.2, 0.25) is 0 Å². The smallest absolute Gasteiger partial charge is 0.310 e. The van der Waals surface area contributed by atoms with E-state index in [0.717, 1.165) is 51.5 Å². The fraction of sp³-hybridized carbons (Fsp3) is 0.536. The number of hydrogen-bond donors (Lipinski definition) is 0. The maximum absolute atomic E-state index is 12.0. The third kappa shape index (κ3) is 11.0. The van der Waals surface area contributed by atoms with Crippen LogP contribution in [-0.2, 0) is 16.0 Å². The minimum Gasteiger partial charge on any atom is -0.493 e. The van der Waals surface area contributed by atoms with Gasteiger partial charge in [0.1, 0.15) is 17.2 Å². The molecule has 0 N–H and O–H groups in total. The maximum atomic E-state index is 12.0. The Hall–Kier alpha value is -1.91. The van der Waals surface area contributed by atoms with Gasteiger partial charge in [-0.15, -0.1) is 23.2 Å². The van der Waals surface area contributed by atoms with Gasteiger partial charge in [0.15, 0.2) is 0 Å². The van der Waals surface area contributed by atoms with Gasteiger partial charge in [0.05, 0.1) is 19.6 Å². The molecule has 0 aromatic heterocycles. The third-order valence-electron chi connectivity index (χ3n) is 4.59. The largest absolute Gasteiger partial charge is 0.493 e. The molecular weight excluding hydrogens is 471 g/mol. The summed E-state index contributed by atoms with van der Waals surface area (Å²) in [6.07, 6.45) is 1.70. The zero-order valence-electron chi connectivity index (χ0n) is 22.1. The Morgan fingerprint density at radius 3 is 1.71 bits per heavy atom. The molecule has 4 nitrogen and oxygen atoms in total. The molecule has 0 heterocycles. The highest BCUT2D eigenvalue weighted by atomic mass is 35.5. The van der Waals surface area contributed by atoms with Crippen molar-refractivity contribution in [2.24, 2.45) is 0 Å². The molecule has 0 amide bonds. The molecule has 0 saturated heterocycles. The van der Waals surface area contributed by atoms with E-state index in [-0.39, 0.29) is 12.4 Å². The lowest BCUT2D eigenvalue weighted by Crippen LogP contribution is -2.10. The number of alkyl halides is 2. The minimum atomic E-state index is -0.247. The number of halogens is 2. The first-order valence-electron chi connectivity index (χ1n) is 12.1. The van der Waals surface area contributed by atoms with Crippen molar-refractivity contribution in [2.75, 3.05) is 25.0 Å². The van der Waals surface area contributed by atoms with E-state index in [1.165, 1.54) is 0 Å². The first kappa shape index (κ1) is 32.1. The van der Waals surface area contributed by atoms with Gasteiger partial charge >= 0.3 is 5.97 Å². The molecule has 2 aromatic carbocycles. The van der Waals surface area contributed by atoms with E-state index < -0.39 is 0 Å². The van der Waals surface area contributed by atoms with E-state index in [1.54, 1.807) is 0 Å². The van der Waals surface area contributed by atoms with Crippen LogP contribution in [-0.4, -0.2) is 30.9 Å². The van der Waals surface area contributed by atoms with E-state index in [0.29, 0.717) is 31.4 Å². The highest BCUT2D eigenvalue weighted by Crippen LogP contribution is 2.34. The van der Waals surface area contributed by atoms with Gasteiger partial charge in [-0.2, -0.15) is 0 Å². The Kier molecular flexibility index (Phi) is 17.4. The Balaban J connectivity index is 0.00000258. The summed E-state index contributed by atoms with van der Waals surface area (Å²) in [6.45, 7) is 16.9. The topological polar surface area (TPSA) is 44.8 Å². The second-order valence-electron chi connectivity index (χ2n) is 7.38. The summed E-state index contributed by atoms with van der Waals surface area (Å²) in [5, 5.41) is 0. The molecule has 0 aliphatic heterocycles. The van der Waals surface area contributed by atoms with Crippen molar-refractivity contribution < 1.29 is 19.0 Å². The van der Waals surface area contributed by atoms with Gasteiger partial charge in [-0.05, 0) is 80.5 Å². The molecule has 0 saturated carbocycles. The molecule has 0 bridgehead atoms. The highest BCUT2D eigenvalue weighted by Gasteiger charge is 2.13. The van der Waals surface area contributed by atoms with Gasteiger partial charge in [-0.1, -0.05) is 39.8 Å². The van der Waals surface area contributed by atoms with E-state index in [1.807, 2.05) is 79.7 Å². The van der Waals surface area contributed by atoms with Gasteiger partial charge < -0.3 is 14.2 Å². The van der Waals surface area contributed by atoms with Crippen molar-refractivity contribution in [3.63, 3.8) is 0 Å². The summed E-state index contributed by atoms with van der Waals surface area (Å²) >= 11 is 11.3. The zero-order valence-corrected chi connectivity index (χ0v) is 23.7. The molecule has 0 fully saturated rings. The first-order chi connectivity index (χ1) is 16.3. The number of benzene rings is 2. The average molecular weight is 514 g/mol. The summed E-state index contributed by atoms with van der Waals surface area (Å²) in [7, 11) is 0. The van der Waals surface area contributed by atoms with Crippen LogP contribution in [0, 0.1) is 27.7 Å². The monoisotopic (exact) mass is 512 g/mol. The number of aryl methyl sites for hydroxylation is 4. The Bertz CT molecular complexity index is 819. The van der Waals surface area contributed by atoms with Gasteiger partial charge in [-0.25, -0.2) is 0 Å². The lowest BCUT2D eigenvalue weighted by atomic mass is 10.0. The first-order valence-corrected chi connectivity index (χ1v) is 13.2. The molecule has 0 aliphatic carbocycles. The number of hydrogen-bond acceptors (Lipinski definition) is 4. The Morgan fingerprint density at radius 1 is 0.735 bits per heavy atom. The van der Waals surface area contributed by atoms with Crippen molar-refractivity contribution in [1.82, 2.24) is 0 Å². The molecule has 0 unspecified atom stereocenters. The second-order valence-corrected chi connectivity index (χ2v) is 8.13. The Labute approximate surface area is 216 Å². The van der Waals surface area contributed by atoms with Crippen LogP contribution >= 0.6 is 23.2 Å². The minimum absolute atomic E-state index is 0.233. The molecule has 0 atom stereocenters. The lowest BCUT2D eigenvalue weighted by molar-refractivity contribution is -0.142. The summed E-state index contributed by atoms with van der Waals surface area (Å²) in [4.78, 5) is 12.0. The van der Waals surface area contributed by atoms with Crippen LogP contribution in [0.25, 0.3) is 0 Å². The average Bonchev–Trinajstić information content (AvgIpc) is 2.81. The summed E-state index contributed by atoms with van der Waals surface area (Å²) in [5.74, 6) is 3.25. The second kappa shape index (κ2) is 18.4. The van der Waals surface area contributed by atoms with E-state index in [2.05, 4.69) is 0 Å². The maximum Gasteiger partial charge on any atom is 0.310 e. The van der Waals surface area contributed by atoms with E-state index in [9.17, 15) is 4.79 Å². The summed E-state index contributed by atoms with van der Waals surface area (Å²) < 4.78 is 17.3. The van der Waals surface area contributed by atoms with Gasteiger partial charge in [0.25, 0.3) is 0 Å². The van der Waals surface area contributed by atoms with Crippen LogP contribution in [0.5, 0.6) is 17.2 Å². The molecule has 0 spiro atoms. The van der Waals surface area contributed by atoms with Crippen LogP contribution in [0.1, 0.15) is 68.4 Å². The number of esters is 1. The van der Waals surface area contributed by atoms with Crippen LogP contribution < -0.4 is 9.47 Å². The number of carbonyl (C=O) groups excluding carboxylic acids is 1. The molecule has 0 aliphatic rings. The van der Waals surface area contributed by atoms with Crippen molar-refractivity contribution in [1.29, 1.82) is 0 Å². The standard InChI is InChI=1S/C24H30Cl2O4.2C2H6/c1-16-11-20(15-22(27)28-9-5-7-25)12-17(2)24(16)30-21-13-18(3)23(19(4)14-21)29-10-6-8-26;2*1-2/h11-14H,5-10,15H2,1-4H3;2*1-2H3. The van der Waals surface area contributed by atoms with E-state index in [4.69, 9.17) is 37.4 Å². The summed E-state index contributed by atoms with van der Waals surface area (Å²) in [6, 6.07) is 7.89. The summed E-state index contributed by atoms with van der Waals surface area (Å²) in [5.41, 5.74) is 4.88. The van der Waals surface area contributed by atoms with Crippen molar-refractivity contribution in [2.45, 2.75) is 74.7 Å². The quantitative estimate of drug-likeness (QED) is 0.172. The zero-order chi connectivity index (χ0) is 26.1. The van der Waals surface area contributed by atoms with Crippen LogP contribution in [0.3, 0.4) is 0 Å². The molecular formula is C28H42Cl2O4. The van der Waals surface area contributed by atoms with E-state index >= 15 is 0 Å². The van der Waals surface area contributed by atoms with Crippen molar-refractivity contribution in [3.05, 3.63) is 52.1 Å². The third-order valence-corrected chi connectivity index (χ3v) is 5.12. The lowest BCUT2D eigenvalue weighted by Gasteiger charge is -2.17.